The van der Waals surface area contributed by atoms with Crippen LogP contribution in [0.15, 0.2) is 18.3 Å². The molecule has 0 aliphatic rings. The van der Waals surface area contributed by atoms with Crippen molar-refractivity contribution in [1.29, 1.82) is 0 Å². The molecule has 0 bridgehead atoms. The molecule has 0 amide bonds. The average Bonchev–Trinajstić information content (AvgIpc) is 2.29. The topological polar surface area (TPSA) is 59.4 Å². The van der Waals surface area contributed by atoms with E-state index in [4.69, 9.17) is 5.11 Å². The fourth-order valence-electron chi connectivity index (χ4n) is 1.42. The Hall–Kier alpha value is -1.63. The van der Waals surface area contributed by atoms with Gasteiger partial charge in [0.05, 0.1) is 23.8 Å². The summed E-state index contributed by atoms with van der Waals surface area (Å²) in [7, 11) is 0. The van der Waals surface area contributed by atoms with Crippen LogP contribution in [-0.4, -0.2) is 29.3 Å². The molecule has 1 atom stereocenters. The number of alkyl halides is 3. The summed E-state index contributed by atoms with van der Waals surface area (Å²) in [6, 6.07) is 2.03. The Morgan fingerprint density at radius 1 is 1.56 bits per heavy atom. The predicted molar refractivity (Wildman–Crippen MR) is 55.7 cm³/mol. The second-order valence-electron chi connectivity index (χ2n) is 3.62. The number of carbonyl (C=O) groups is 1. The number of hydrogen-bond acceptors (Lipinski definition) is 4. The third-order valence-corrected chi connectivity index (χ3v) is 2.24. The van der Waals surface area contributed by atoms with Crippen LogP contribution in [0, 0.1) is 0 Å². The first-order valence-electron chi connectivity index (χ1n) is 5.12. The summed E-state index contributed by atoms with van der Waals surface area (Å²) in [5.41, 5.74) is -1.26. The standard InChI is InChI=1S/C11H12F3NO3/c1-7(17)18-6-8(5-16)10-9(11(12,13)14)3-2-4-15-10/h2-4,8,16H,5-6H2,1H3/t8-/m0/s1. The number of esters is 1. The molecule has 0 aromatic carbocycles. The van der Waals surface area contributed by atoms with Crippen LogP contribution in [0.3, 0.4) is 0 Å². The normalized spacial score (nSPS) is 13.2. The Bertz CT molecular complexity index is 420. The van der Waals surface area contributed by atoms with Crippen LogP contribution in [0.4, 0.5) is 13.2 Å². The van der Waals surface area contributed by atoms with Gasteiger partial charge in [0, 0.05) is 13.1 Å². The highest BCUT2D eigenvalue weighted by atomic mass is 19.4. The Kier molecular flexibility index (Phi) is 4.66. The van der Waals surface area contributed by atoms with Crippen molar-refractivity contribution in [2.45, 2.75) is 19.0 Å². The maximum absolute atomic E-state index is 12.7. The van der Waals surface area contributed by atoms with E-state index in [9.17, 15) is 18.0 Å². The van der Waals surface area contributed by atoms with Gasteiger partial charge in [-0.25, -0.2) is 0 Å². The molecule has 0 fully saturated rings. The molecule has 0 saturated carbocycles. The number of rotatable bonds is 4. The summed E-state index contributed by atoms with van der Waals surface area (Å²) in [5.74, 6) is -1.62. The minimum atomic E-state index is -4.56. The first-order valence-corrected chi connectivity index (χ1v) is 5.12. The molecule has 0 radical (unpaired) electrons. The van der Waals surface area contributed by atoms with Gasteiger partial charge in [0.1, 0.15) is 6.61 Å². The van der Waals surface area contributed by atoms with Crippen LogP contribution in [-0.2, 0) is 15.7 Å². The molecule has 7 heteroatoms. The molecule has 1 N–H and O–H groups in total. The molecular weight excluding hydrogens is 251 g/mol. The number of halogens is 3. The third kappa shape index (κ3) is 3.69. The molecule has 0 aliphatic carbocycles. The highest BCUT2D eigenvalue weighted by Gasteiger charge is 2.36. The molecule has 0 aliphatic heterocycles. The number of aliphatic hydroxyl groups excluding tert-OH is 1. The SMILES string of the molecule is CC(=O)OC[C@H](CO)c1ncccc1C(F)(F)F. The van der Waals surface area contributed by atoms with Crippen LogP contribution in [0.5, 0.6) is 0 Å². The van der Waals surface area contributed by atoms with Crippen molar-refractivity contribution in [3.8, 4) is 0 Å². The number of ether oxygens (including phenoxy) is 1. The largest absolute Gasteiger partial charge is 0.465 e. The van der Waals surface area contributed by atoms with Crippen LogP contribution in [0.1, 0.15) is 24.1 Å². The predicted octanol–water partition coefficient (Wildman–Crippen LogP) is 1.74. The van der Waals surface area contributed by atoms with Gasteiger partial charge in [-0.3, -0.25) is 9.78 Å². The van der Waals surface area contributed by atoms with Gasteiger partial charge in [-0.1, -0.05) is 0 Å². The summed E-state index contributed by atoms with van der Waals surface area (Å²) >= 11 is 0. The fraction of sp³-hybridized carbons (Fsp3) is 0.455. The first kappa shape index (κ1) is 14.4. The number of aromatic nitrogens is 1. The Morgan fingerprint density at radius 2 is 2.22 bits per heavy atom. The van der Waals surface area contributed by atoms with E-state index in [0.29, 0.717) is 0 Å². The van der Waals surface area contributed by atoms with Gasteiger partial charge in [-0.05, 0) is 12.1 Å². The van der Waals surface area contributed by atoms with E-state index >= 15 is 0 Å². The molecule has 1 aromatic heterocycles. The molecular formula is C11H12F3NO3. The second kappa shape index (κ2) is 5.81. The van der Waals surface area contributed by atoms with Gasteiger partial charge < -0.3 is 9.84 Å². The third-order valence-electron chi connectivity index (χ3n) is 2.24. The number of pyridine rings is 1. The van der Waals surface area contributed by atoms with Crippen molar-refractivity contribution in [3.05, 3.63) is 29.6 Å². The molecule has 0 saturated heterocycles. The van der Waals surface area contributed by atoms with Gasteiger partial charge in [0.15, 0.2) is 0 Å². The van der Waals surface area contributed by atoms with Crippen molar-refractivity contribution < 1.29 is 27.8 Å². The highest BCUT2D eigenvalue weighted by molar-refractivity contribution is 5.65. The zero-order valence-electron chi connectivity index (χ0n) is 9.57. The minimum Gasteiger partial charge on any atom is -0.465 e. The zero-order chi connectivity index (χ0) is 13.8. The Morgan fingerprint density at radius 3 is 2.72 bits per heavy atom. The van der Waals surface area contributed by atoms with Gasteiger partial charge in [-0.2, -0.15) is 13.2 Å². The fourth-order valence-corrected chi connectivity index (χ4v) is 1.42. The number of carbonyl (C=O) groups excluding carboxylic acids is 1. The van der Waals surface area contributed by atoms with Crippen LogP contribution in [0.25, 0.3) is 0 Å². The van der Waals surface area contributed by atoms with Gasteiger partial charge in [-0.15, -0.1) is 0 Å². The van der Waals surface area contributed by atoms with E-state index < -0.39 is 30.2 Å². The summed E-state index contributed by atoms with van der Waals surface area (Å²) in [5, 5.41) is 9.08. The van der Waals surface area contributed by atoms with E-state index in [1.807, 2.05) is 0 Å². The van der Waals surface area contributed by atoms with E-state index in [1.165, 1.54) is 6.20 Å². The Balaban J connectivity index is 3.02. The molecule has 1 rings (SSSR count). The maximum atomic E-state index is 12.7. The van der Waals surface area contributed by atoms with E-state index in [0.717, 1.165) is 19.1 Å². The van der Waals surface area contributed by atoms with Crippen molar-refractivity contribution in [1.82, 2.24) is 4.98 Å². The lowest BCUT2D eigenvalue weighted by Gasteiger charge is -2.18. The minimum absolute atomic E-state index is 0.325. The average molecular weight is 263 g/mol. The summed E-state index contributed by atoms with van der Waals surface area (Å²) in [4.78, 5) is 14.3. The number of aliphatic hydroxyl groups is 1. The van der Waals surface area contributed by atoms with Gasteiger partial charge >= 0.3 is 12.1 Å². The number of hydrogen-bond donors (Lipinski definition) is 1. The molecule has 0 spiro atoms. The molecule has 0 unspecified atom stereocenters. The summed E-state index contributed by atoms with van der Waals surface area (Å²) in [6.07, 6.45) is -3.37. The smallest absolute Gasteiger partial charge is 0.418 e. The molecule has 18 heavy (non-hydrogen) atoms. The van der Waals surface area contributed by atoms with Crippen LogP contribution >= 0.6 is 0 Å². The van der Waals surface area contributed by atoms with Gasteiger partial charge in [0.2, 0.25) is 0 Å². The van der Waals surface area contributed by atoms with Crippen molar-refractivity contribution in [2.75, 3.05) is 13.2 Å². The monoisotopic (exact) mass is 263 g/mol. The quantitative estimate of drug-likeness (QED) is 0.840. The van der Waals surface area contributed by atoms with E-state index in [-0.39, 0.29) is 12.3 Å². The lowest BCUT2D eigenvalue weighted by molar-refractivity contribution is -0.142. The maximum Gasteiger partial charge on any atom is 0.418 e. The lowest BCUT2D eigenvalue weighted by Crippen LogP contribution is -2.20. The van der Waals surface area contributed by atoms with Crippen molar-refractivity contribution in [2.24, 2.45) is 0 Å². The van der Waals surface area contributed by atoms with Gasteiger partial charge in [0.25, 0.3) is 0 Å². The van der Waals surface area contributed by atoms with E-state index in [2.05, 4.69) is 9.72 Å². The van der Waals surface area contributed by atoms with Crippen LogP contribution in [0.2, 0.25) is 0 Å². The Labute approximate surface area is 101 Å². The lowest BCUT2D eigenvalue weighted by atomic mass is 10.0. The number of nitrogens with zero attached hydrogens (tertiary/aromatic N) is 1. The van der Waals surface area contributed by atoms with E-state index in [1.54, 1.807) is 0 Å². The molecule has 100 valence electrons. The summed E-state index contributed by atoms with van der Waals surface area (Å²) in [6.45, 7) is 0.205. The van der Waals surface area contributed by atoms with Crippen LogP contribution < -0.4 is 0 Å². The highest BCUT2D eigenvalue weighted by Crippen LogP contribution is 2.33. The first-order chi connectivity index (χ1) is 8.36. The molecule has 4 nitrogen and oxygen atoms in total. The summed E-state index contributed by atoms with van der Waals surface area (Å²) < 4.78 is 42.8. The molecule has 1 aromatic rings. The zero-order valence-corrected chi connectivity index (χ0v) is 9.57. The second-order valence-corrected chi connectivity index (χ2v) is 3.62. The molecule has 1 heterocycles. The van der Waals surface area contributed by atoms with Crippen molar-refractivity contribution in [3.63, 3.8) is 0 Å². The van der Waals surface area contributed by atoms with Crippen molar-refractivity contribution >= 4 is 5.97 Å².